The Labute approximate surface area is 115 Å². The quantitative estimate of drug-likeness (QED) is 0.838. The van der Waals surface area contributed by atoms with Crippen molar-refractivity contribution in [2.75, 3.05) is 0 Å². The van der Waals surface area contributed by atoms with Crippen molar-refractivity contribution in [3.05, 3.63) is 17.5 Å². The third kappa shape index (κ3) is 3.02. The molecule has 0 amide bonds. The van der Waals surface area contributed by atoms with Gasteiger partial charge < -0.3 is 0 Å². The fourth-order valence-electron chi connectivity index (χ4n) is 2.79. The lowest BCUT2D eigenvalue weighted by molar-refractivity contribution is 0.303. The number of rotatable bonds is 4. The van der Waals surface area contributed by atoms with Crippen LogP contribution in [0.4, 0.5) is 0 Å². The molecular formula is C14H19NOS2. The van der Waals surface area contributed by atoms with Gasteiger partial charge in [-0.3, -0.25) is 4.21 Å². The van der Waals surface area contributed by atoms with Crippen LogP contribution in [0, 0.1) is 23.2 Å². The van der Waals surface area contributed by atoms with Crippen molar-refractivity contribution in [2.24, 2.45) is 11.8 Å². The van der Waals surface area contributed by atoms with Gasteiger partial charge in [0, 0.05) is 0 Å². The summed E-state index contributed by atoms with van der Waals surface area (Å²) in [5.41, 5.74) is 0. The van der Waals surface area contributed by atoms with Crippen LogP contribution in [-0.2, 0) is 10.8 Å². The summed E-state index contributed by atoms with van der Waals surface area (Å²) < 4.78 is 13.5. The van der Waals surface area contributed by atoms with Crippen molar-refractivity contribution in [2.45, 2.75) is 48.5 Å². The van der Waals surface area contributed by atoms with E-state index in [2.05, 4.69) is 13.0 Å². The van der Waals surface area contributed by atoms with E-state index in [0.717, 1.165) is 23.5 Å². The number of nitrogens with zero attached hydrogens (tertiary/aromatic N) is 1. The molecule has 2 nitrogen and oxygen atoms in total. The zero-order valence-corrected chi connectivity index (χ0v) is 12.3. The molecule has 1 aromatic heterocycles. The molecule has 4 heteroatoms. The molecule has 0 saturated heterocycles. The van der Waals surface area contributed by atoms with Crippen LogP contribution >= 0.6 is 11.3 Å². The molecule has 2 rings (SSSR count). The highest BCUT2D eigenvalue weighted by atomic mass is 32.2. The maximum Gasteiger partial charge on any atom is 0.0913 e. The highest BCUT2D eigenvalue weighted by Gasteiger charge is 2.35. The summed E-state index contributed by atoms with van der Waals surface area (Å²) in [4.78, 5) is 0. The predicted octanol–water partition coefficient (Wildman–Crippen LogP) is 3.96. The molecule has 1 aromatic rings. The van der Waals surface area contributed by atoms with Crippen LogP contribution in [0.2, 0.25) is 0 Å². The lowest BCUT2D eigenvalue weighted by atomic mass is 9.80. The van der Waals surface area contributed by atoms with E-state index in [1.54, 1.807) is 11.3 Å². The zero-order chi connectivity index (χ0) is 13.0. The molecule has 0 aromatic carbocycles. The molecule has 4 unspecified atom stereocenters. The van der Waals surface area contributed by atoms with Crippen molar-refractivity contribution in [3.63, 3.8) is 0 Å². The minimum Gasteiger partial charge on any atom is -0.253 e. The van der Waals surface area contributed by atoms with Gasteiger partial charge in [0.2, 0.25) is 0 Å². The van der Waals surface area contributed by atoms with Crippen molar-refractivity contribution in [1.29, 1.82) is 5.26 Å². The van der Waals surface area contributed by atoms with Crippen molar-refractivity contribution >= 4 is 22.1 Å². The molecule has 0 radical (unpaired) electrons. The van der Waals surface area contributed by atoms with E-state index >= 15 is 0 Å². The smallest absolute Gasteiger partial charge is 0.0913 e. The second kappa shape index (κ2) is 6.49. The molecule has 4 atom stereocenters. The summed E-state index contributed by atoms with van der Waals surface area (Å²) in [7, 11) is -0.997. The van der Waals surface area contributed by atoms with Crippen molar-refractivity contribution in [1.82, 2.24) is 0 Å². The van der Waals surface area contributed by atoms with Crippen molar-refractivity contribution < 1.29 is 4.21 Å². The van der Waals surface area contributed by atoms with Crippen LogP contribution in [0.25, 0.3) is 0 Å². The van der Waals surface area contributed by atoms with Gasteiger partial charge in [0.15, 0.2) is 0 Å². The maximum absolute atomic E-state index is 12.6. The predicted molar refractivity (Wildman–Crippen MR) is 75.9 cm³/mol. The van der Waals surface area contributed by atoms with E-state index in [1.165, 1.54) is 12.8 Å². The first kappa shape index (κ1) is 13.8. The summed E-state index contributed by atoms with van der Waals surface area (Å²) in [6.07, 6.45) is 5.39. The van der Waals surface area contributed by atoms with Gasteiger partial charge >= 0.3 is 0 Å². The van der Waals surface area contributed by atoms with Crippen LogP contribution in [0.5, 0.6) is 0 Å². The molecule has 0 spiro atoms. The fraction of sp³-hybridized carbons (Fsp3) is 0.643. The molecule has 0 aliphatic heterocycles. The summed E-state index contributed by atoms with van der Waals surface area (Å²) in [5.74, 6) is 0.634. The Balaban J connectivity index is 2.11. The summed E-state index contributed by atoms with van der Waals surface area (Å²) in [6, 6.07) is 6.24. The molecule has 98 valence electrons. The zero-order valence-electron chi connectivity index (χ0n) is 10.7. The first-order valence-electron chi connectivity index (χ1n) is 6.60. The molecule has 0 bridgehead atoms. The van der Waals surface area contributed by atoms with Gasteiger partial charge in [-0.1, -0.05) is 25.8 Å². The summed E-state index contributed by atoms with van der Waals surface area (Å²) in [6.45, 7) is 2.20. The standard InChI is InChI=1S/C14H19NOS2/c1-2-4-11-6-7-12(10-15)13(9-11)18(16)14-5-3-8-17-14/h3,5,8,11-13H,2,4,6-7,9H2,1H3. The van der Waals surface area contributed by atoms with Gasteiger partial charge in [0.05, 0.1) is 32.2 Å². The van der Waals surface area contributed by atoms with Gasteiger partial charge in [0.25, 0.3) is 0 Å². The van der Waals surface area contributed by atoms with Gasteiger partial charge in [0.1, 0.15) is 0 Å². The first-order valence-corrected chi connectivity index (χ1v) is 8.69. The Morgan fingerprint density at radius 1 is 1.56 bits per heavy atom. The summed E-state index contributed by atoms with van der Waals surface area (Å²) >= 11 is 1.54. The van der Waals surface area contributed by atoms with Crippen LogP contribution in [-0.4, -0.2) is 9.46 Å². The van der Waals surface area contributed by atoms with Crippen LogP contribution in [0.3, 0.4) is 0 Å². The fourth-order valence-corrected chi connectivity index (χ4v) is 5.61. The third-order valence-corrected chi connectivity index (χ3v) is 6.78. The molecule has 0 N–H and O–H groups in total. The average molecular weight is 281 g/mol. The van der Waals surface area contributed by atoms with Crippen LogP contribution in [0.1, 0.15) is 39.0 Å². The van der Waals surface area contributed by atoms with E-state index in [0.29, 0.717) is 5.92 Å². The minimum absolute atomic E-state index is 0.0268. The van der Waals surface area contributed by atoms with Gasteiger partial charge in [-0.15, -0.1) is 11.3 Å². The lowest BCUT2D eigenvalue weighted by Crippen LogP contribution is -2.32. The second-order valence-electron chi connectivity index (χ2n) is 4.97. The van der Waals surface area contributed by atoms with E-state index in [9.17, 15) is 9.47 Å². The van der Waals surface area contributed by atoms with E-state index in [4.69, 9.17) is 0 Å². The molecule has 1 aliphatic carbocycles. The Hall–Kier alpha value is -0.660. The van der Waals surface area contributed by atoms with Crippen molar-refractivity contribution in [3.8, 4) is 6.07 Å². The minimum atomic E-state index is -0.997. The lowest BCUT2D eigenvalue weighted by Gasteiger charge is -2.31. The largest absolute Gasteiger partial charge is 0.253 e. The normalized spacial score (nSPS) is 29.7. The van der Waals surface area contributed by atoms with Gasteiger partial charge in [-0.2, -0.15) is 5.26 Å². The average Bonchev–Trinajstić information content (AvgIpc) is 2.92. The maximum atomic E-state index is 12.6. The molecule has 1 saturated carbocycles. The molecule has 18 heavy (non-hydrogen) atoms. The van der Waals surface area contributed by atoms with Crippen LogP contribution in [0.15, 0.2) is 21.7 Å². The van der Waals surface area contributed by atoms with E-state index in [-0.39, 0.29) is 11.2 Å². The molecule has 1 aliphatic rings. The van der Waals surface area contributed by atoms with Gasteiger partial charge in [-0.05, 0) is 36.6 Å². The van der Waals surface area contributed by atoms with E-state index < -0.39 is 10.8 Å². The van der Waals surface area contributed by atoms with E-state index in [1.807, 2.05) is 17.5 Å². The number of thiophene rings is 1. The third-order valence-electron chi connectivity index (χ3n) is 3.73. The first-order chi connectivity index (χ1) is 8.76. The number of hydrogen-bond donors (Lipinski definition) is 0. The monoisotopic (exact) mass is 281 g/mol. The van der Waals surface area contributed by atoms with Crippen LogP contribution < -0.4 is 0 Å². The Kier molecular flexibility index (Phi) is 4.96. The highest BCUT2D eigenvalue weighted by Crippen LogP contribution is 2.36. The Morgan fingerprint density at radius 2 is 2.39 bits per heavy atom. The molecule has 1 heterocycles. The highest BCUT2D eigenvalue weighted by molar-refractivity contribution is 7.87. The second-order valence-corrected chi connectivity index (χ2v) is 7.82. The van der Waals surface area contributed by atoms with Gasteiger partial charge in [-0.25, -0.2) is 0 Å². The Bertz CT molecular complexity index is 435. The summed E-state index contributed by atoms with van der Waals surface area (Å²) in [5, 5.41) is 11.2. The number of nitriles is 1. The topological polar surface area (TPSA) is 40.9 Å². The number of hydrogen-bond acceptors (Lipinski definition) is 3. The molecule has 1 fully saturated rings. The molecular weight excluding hydrogens is 262 g/mol. The SMILES string of the molecule is CCCC1CCC(C#N)C(S(=O)c2cccs2)C1. The Morgan fingerprint density at radius 3 is 3.00 bits per heavy atom.